The Morgan fingerprint density at radius 1 is 1.25 bits per heavy atom. The summed E-state index contributed by atoms with van der Waals surface area (Å²) < 4.78 is 10.6. The fourth-order valence-corrected chi connectivity index (χ4v) is 2.54. The molecule has 2 rings (SSSR count). The van der Waals surface area contributed by atoms with Crippen molar-refractivity contribution in [2.24, 2.45) is 0 Å². The summed E-state index contributed by atoms with van der Waals surface area (Å²) >= 11 is 0. The molecule has 1 fully saturated rings. The molecule has 1 aromatic rings. The monoisotopic (exact) mass is 277 g/mol. The fourth-order valence-electron chi connectivity index (χ4n) is 2.54. The number of hydrogen-bond acceptors (Lipinski definition) is 4. The molecule has 0 amide bonds. The van der Waals surface area contributed by atoms with E-state index in [0.29, 0.717) is 6.42 Å². The number of morpholine rings is 1. The molecule has 1 aliphatic rings. The highest BCUT2D eigenvalue weighted by atomic mass is 16.5. The molecule has 0 radical (unpaired) electrons. The van der Waals surface area contributed by atoms with Gasteiger partial charge in [-0.3, -0.25) is 9.69 Å². The van der Waals surface area contributed by atoms with Crippen molar-refractivity contribution in [3.05, 3.63) is 28.8 Å². The molecule has 0 unspecified atom stereocenters. The van der Waals surface area contributed by atoms with E-state index in [1.165, 1.54) is 0 Å². The largest absolute Gasteiger partial charge is 0.496 e. The highest BCUT2D eigenvalue weighted by molar-refractivity contribution is 5.98. The minimum absolute atomic E-state index is 0.208. The standard InChI is InChI=1S/C16H23NO3/c1-12-13(2)16(19-3)5-4-14(12)15(18)6-7-17-8-10-20-11-9-17/h4-5H,6-11H2,1-3H3. The predicted molar refractivity (Wildman–Crippen MR) is 78.7 cm³/mol. The number of hydrogen-bond donors (Lipinski definition) is 0. The Kier molecular flexibility index (Phi) is 5.15. The molecular formula is C16H23NO3. The Morgan fingerprint density at radius 2 is 1.95 bits per heavy atom. The molecule has 1 saturated heterocycles. The molecule has 1 aromatic carbocycles. The van der Waals surface area contributed by atoms with Gasteiger partial charge in [0, 0.05) is 31.6 Å². The van der Waals surface area contributed by atoms with E-state index in [1.54, 1.807) is 7.11 Å². The van der Waals surface area contributed by atoms with Crippen LogP contribution in [-0.4, -0.2) is 50.6 Å². The second-order valence-electron chi connectivity index (χ2n) is 5.19. The first-order chi connectivity index (χ1) is 9.63. The first-order valence-corrected chi connectivity index (χ1v) is 7.11. The third-order valence-corrected chi connectivity index (χ3v) is 4.02. The summed E-state index contributed by atoms with van der Waals surface area (Å²) in [5.74, 6) is 1.05. The molecule has 20 heavy (non-hydrogen) atoms. The van der Waals surface area contributed by atoms with Gasteiger partial charge in [0.1, 0.15) is 5.75 Å². The number of carbonyl (C=O) groups is 1. The van der Waals surface area contributed by atoms with Crippen molar-refractivity contribution in [3.63, 3.8) is 0 Å². The van der Waals surface area contributed by atoms with Gasteiger partial charge in [-0.15, -0.1) is 0 Å². The number of ketones is 1. The molecule has 0 aromatic heterocycles. The van der Waals surface area contributed by atoms with Gasteiger partial charge in [0.2, 0.25) is 0 Å². The average Bonchev–Trinajstić information content (AvgIpc) is 2.48. The summed E-state index contributed by atoms with van der Waals surface area (Å²) in [5, 5.41) is 0. The summed E-state index contributed by atoms with van der Waals surface area (Å²) in [6, 6.07) is 3.76. The third kappa shape index (κ3) is 3.38. The van der Waals surface area contributed by atoms with Crippen molar-refractivity contribution >= 4 is 5.78 Å². The van der Waals surface area contributed by atoms with Crippen molar-refractivity contribution in [2.45, 2.75) is 20.3 Å². The number of ether oxygens (including phenoxy) is 2. The van der Waals surface area contributed by atoms with Crippen LogP contribution >= 0.6 is 0 Å². The van der Waals surface area contributed by atoms with Gasteiger partial charge in [-0.1, -0.05) is 0 Å². The van der Waals surface area contributed by atoms with Crippen LogP contribution in [0.5, 0.6) is 5.75 Å². The molecule has 0 atom stereocenters. The zero-order chi connectivity index (χ0) is 14.5. The molecule has 0 bridgehead atoms. The Balaban J connectivity index is 2.00. The van der Waals surface area contributed by atoms with Gasteiger partial charge in [0.25, 0.3) is 0 Å². The lowest BCUT2D eigenvalue weighted by molar-refractivity contribution is 0.0370. The maximum absolute atomic E-state index is 12.4. The van der Waals surface area contributed by atoms with E-state index in [-0.39, 0.29) is 5.78 Å². The van der Waals surface area contributed by atoms with Crippen molar-refractivity contribution in [3.8, 4) is 5.75 Å². The van der Waals surface area contributed by atoms with E-state index < -0.39 is 0 Å². The van der Waals surface area contributed by atoms with Crippen LogP contribution in [0.1, 0.15) is 27.9 Å². The van der Waals surface area contributed by atoms with Crippen LogP contribution < -0.4 is 4.74 Å². The number of carbonyl (C=O) groups excluding carboxylic acids is 1. The summed E-state index contributed by atoms with van der Waals surface area (Å²) in [6.07, 6.45) is 0.562. The normalized spacial score (nSPS) is 16.1. The maximum Gasteiger partial charge on any atom is 0.164 e. The molecule has 110 valence electrons. The van der Waals surface area contributed by atoms with E-state index in [2.05, 4.69) is 4.90 Å². The van der Waals surface area contributed by atoms with E-state index in [4.69, 9.17) is 9.47 Å². The van der Waals surface area contributed by atoms with Gasteiger partial charge in [0.15, 0.2) is 5.78 Å². The van der Waals surface area contributed by atoms with Crippen LogP contribution in [0.15, 0.2) is 12.1 Å². The van der Waals surface area contributed by atoms with Crippen LogP contribution in [0.25, 0.3) is 0 Å². The molecule has 0 saturated carbocycles. The summed E-state index contributed by atoms with van der Waals surface area (Å²) in [6.45, 7) is 8.19. The highest BCUT2D eigenvalue weighted by Gasteiger charge is 2.16. The quantitative estimate of drug-likeness (QED) is 0.774. The number of methoxy groups -OCH3 is 1. The van der Waals surface area contributed by atoms with Gasteiger partial charge in [-0.05, 0) is 37.1 Å². The lowest BCUT2D eigenvalue weighted by Gasteiger charge is -2.26. The average molecular weight is 277 g/mol. The molecule has 4 nitrogen and oxygen atoms in total. The van der Waals surface area contributed by atoms with Crippen LogP contribution in [0, 0.1) is 13.8 Å². The van der Waals surface area contributed by atoms with E-state index in [9.17, 15) is 4.79 Å². The fraction of sp³-hybridized carbons (Fsp3) is 0.562. The molecular weight excluding hydrogens is 254 g/mol. The smallest absolute Gasteiger partial charge is 0.164 e. The zero-order valence-corrected chi connectivity index (χ0v) is 12.6. The van der Waals surface area contributed by atoms with E-state index in [1.807, 2.05) is 26.0 Å². The molecule has 0 aliphatic carbocycles. The minimum Gasteiger partial charge on any atom is -0.496 e. The molecule has 0 spiro atoms. The second kappa shape index (κ2) is 6.86. The lowest BCUT2D eigenvalue weighted by Crippen LogP contribution is -2.37. The number of benzene rings is 1. The van der Waals surface area contributed by atoms with Crippen LogP contribution in [0.3, 0.4) is 0 Å². The molecule has 4 heteroatoms. The van der Waals surface area contributed by atoms with Crippen molar-refractivity contribution in [2.75, 3.05) is 40.0 Å². The summed E-state index contributed by atoms with van der Waals surface area (Å²) in [7, 11) is 1.65. The minimum atomic E-state index is 0.208. The van der Waals surface area contributed by atoms with Crippen molar-refractivity contribution < 1.29 is 14.3 Å². The number of nitrogens with zero attached hydrogens (tertiary/aromatic N) is 1. The van der Waals surface area contributed by atoms with Gasteiger partial charge < -0.3 is 9.47 Å². The van der Waals surface area contributed by atoms with Crippen molar-refractivity contribution in [1.29, 1.82) is 0 Å². The summed E-state index contributed by atoms with van der Waals surface area (Å²) in [4.78, 5) is 14.6. The number of Topliss-reactive ketones (excluding diaryl/α,β-unsaturated/α-hetero) is 1. The first kappa shape index (κ1) is 15.0. The SMILES string of the molecule is COc1ccc(C(=O)CCN2CCOCC2)c(C)c1C. The second-order valence-corrected chi connectivity index (χ2v) is 5.19. The molecule has 0 N–H and O–H groups in total. The van der Waals surface area contributed by atoms with Gasteiger partial charge >= 0.3 is 0 Å². The molecule has 1 heterocycles. The van der Waals surface area contributed by atoms with Crippen LogP contribution in [0.4, 0.5) is 0 Å². The Bertz CT molecular complexity index is 479. The first-order valence-electron chi connectivity index (χ1n) is 7.11. The van der Waals surface area contributed by atoms with Crippen LogP contribution in [-0.2, 0) is 4.74 Å². The van der Waals surface area contributed by atoms with Crippen molar-refractivity contribution in [1.82, 2.24) is 4.90 Å². The highest BCUT2D eigenvalue weighted by Crippen LogP contribution is 2.24. The summed E-state index contributed by atoms with van der Waals surface area (Å²) in [5.41, 5.74) is 2.89. The van der Waals surface area contributed by atoms with Crippen LogP contribution in [0.2, 0.25) is 0 Å². The van der Waals surface area contributed by atoms with Gasteiger partial charge in [-0.2, -0.15) is 0 Å². The Labute approximate surface area is 120 Å². The topological polar surface area (TPSA) is 38.8 Å². The van der Waals surface area contributed by atoms with Gasteiger partial charge in [-0.25, -0.2) is 0 Å². The van der Waals surface area contributed by atoms with E-state index >= 15 is 0 Å². The molecule has 1 aliphatic heterocycles. The van der Waals surface area contributed by atoms with E-state index in [0.717, 1.165) is 55.3 Å². The third-order valence-electron chi connectivity index (χ3n) is 4.02. The Hall–Kier alpha value is -1.39. The van der Waals surface area contributed by atoms with Gasteiger partial charge in [0.05, 0.1) is 20.3 Å². The number of rotatable bonds is 5. The Morgan fingerprint density at radius 3 is 2.60 bits per heavy atom. The predicted octanol–water partition coefficient (Wildman–Crippen LogP) is 2.22. The maximum atomic E-state index is 12.4. The zero-order valence-electron chi connectivity index (χ0n) is 12.6. The lowest BCUT2D eigenvalue weighted by atomic mass is 9.97.